The van der Waals surface area contributed by atoms with Gasteiger partial charge < -0.3 is 10.2 Å². The molecule has 0 atom stereocenters. The molecule has 0 saturated heterocycles. The first-order chi connectivity index (χ1) is 6.92. The van der Waals surface area contributed by atoms with Crippen LogP contribution < -0.4 is 10.2 Å². The number of nitrogens with zero attached hydrogens (tertiary/aromatic N) is 1. The Labute approximate surface area is 100 Å². The normalized spacial score (nSPS) is 18.3. The molecule has 82 valence electrons. The summed E-state index contributed by atoms with van der Waals surface area (Å²) in [5.74, 6) is 0. The minimum atomic E-state index is 0.0875. The van der Waals surface area contributed by atoms with Crippen LogP contribution in [0.15, 0.2) is 12.1 Å². The van der Waals surface area contributed by atoms with Gasteiger partial charge in [-0.25, -0.2) is 0 Å². The van der Waals surface area contributed by atoms with E-state index < -0.39 is 0 Å². The van der Waals surface area contributed by atoms with E-state index in [0.29, 0.717) is 10.0 Å². The van der Waals surface area contributed by atoms with E-state index in [0.717, 1.165) is 17.9 Å². The summed E-state index contributed by atoms with van der Waals surface area (Å²) in [6.07, 6.45) is 0. The third-order valence-electron chi connectivity index (χ3n) is 3.02. The fraction of sp³-hybridized carbons (Fsp3) is 0.455. The molecular formula is C11H14Cl2N2. The van der Waals surface area contributed by atoms with E-state index in [-0.39, 0.29) is 5.54 Å². The van der Waals surface area contributed by atoms with Gasteiger partial charge in [-0.2, -0.15) is 0 Å². The zero-order valence-corrected chi connectivity index (χ0v) is 10.6. The molecule has 0 aliphatic carbocycles. The number of likely N-dealkylation sites (N-methyl/N-ethyl adjacent to an activating group) is 1. The van der Waals surface area contributed by atoms with Gasteiger partial charge in [0.1, 0.15) is 0 Å². The van der Waals surface area contributed by atoms with Crippen LogP contribution in [0.1, 0.15) is 13.8 Å². The fourth-order valence-electron chi connectivity index (χ4n) is 1.71. The van der Waals surface area contributed by atoms with Crippen LogP contribution in [0.3, 0.4) is 0 Å². The Bertz CT molecular complexity index is 402. The molecule has 0 aromatic heterocycles. The van der Waals surface area contributed by atoms with E-state index in [4.69, 9.17) is 23.2 Å². The molecule has 0 spiro atoms. The smallest absolute Gasteiger partial charge is 0.0620 e. The molecule has 1 aromatic carbocycles. The lowest BCUT2D eigenvalue weighted by molar-refractivity contribution is 0.503. The zero-order valence-electron chi connectivity index (χ0n) is 9.06. The monoisotopic (exact) mass is 244 g/mol. The van der Waals surface area contributed by atoms with Gasteiger partial charge in [0, 0.05) is 13.6 Å². The van der Waals surface area contributed by atoms with E-state index in [1.54, 1.807) is 0 Å². The van der Waals surface area contributed by atoms with Crippen molar-refractivity contribution in [3.63, 3.8) is 0 Å². The number of fused-ring (bicyclic) bond motifs is 1. The maximum Gasteiger partial charge on any atom is 0.0620 e. The maximum atomic E-state index is 6.02. The van der Waals surface area contributed by atoms with Crippen molar-refractivity contribution in [1.29, 1.82) is 0 Å². The first-order valence-corrected chi connectivity index (χ1v) is 5.64. The Morgan fingerprint density at radius 3 is 2.53 bits per heavy atom. The molecule has 2 nitrogen and oxygen atoms in total. The van der Waals surface area contributed by atoms with Gasteiger partial charge in [-0.1, -0.05) is 23.2 Å². The lowest BCUT2D eigenvalue weighted by Crippen LogP contribution is -2.50. The van der Waals surface area contributed by atoms with Gasteiger partial charge >= 0.3 is 0 Å². The third kappa shape index (κ3) is 1.77. The number of anilines is 2. The summed E-state index contributed by atoms with van der Waals surface area (Å²) in [7, 11) is 2.07. The standard InChI is InChI=1S/C11H14Cl2N2/c1-11(2)6-14-9-4-7(12)8(13)5-10(9)15(11)3/h4-5,14H,6H2,1-3H3. The Kier molecular flexibility index (Phi) is 2.52. The van der Waals surface area contributed by atoms with Gasteiger partial charge in [0.25, 0.3) is 0 Å². The van der Waals surface area contributed by atoms with E-state index in [1.807, 2.05) is 12.1 Å². The molecule has 1 heterocycles. The van der Waals surface area contributed by atoms with Crippen LogP contribution in [-0.4, -0.2) is 19.1 Å². The summed E-state index contributed by atoms with van der Waals surface area (Å²) in [4.78, 5) is 2.22. The lowest BCUT2D eigenvalue weighted by Gasteiger charge is -2.43. The van der Waals surface area contributed by atoms with Gasteiger partial charge in [-0.15, -0.1) is 0 Å². The number of hydrogen-bond acceptors (Lipinski definition) is 2. The van der Waals surface area contributed by atoms with Gasteiger partial charge in [-0.05, 0) is 26.0 Å². The summed E-state index contributed by atoms with van der Waals surface area (Å²) in [5, 5.41) is 4.56. The number of nitrogens with one attached hydrogen (secondary N) is 1. The van der Waals surface area contributed by atoms with Crippen molar-refractivity contribution < 1.29 is 0 Å². The number of halogens is 2. The largest absolute Gasteiger partial charge is 0.381 e. The minimum absolute atomic E-state index is 0.0875. The maximum absolute atomic E-state index is 6.02. The second-order valence-electron chi connectivity index (χ2n) is 4.51. The average molecular weight is 245 g/mol. The molecule has 1 aliphatic rings. The van der Waals surface area contributed by atoms with E-state index in [1.165, 1.54) is 0 Å². The van der Waals surface area contributed by atoms with E-state index in [9.17, 15) is 0 Å². The van der Waals surface area contributed by atoms with Crippen LogP contribution >= 0.6 is 23.2 Å². The topological polar surface area (TPSA) is 15.3 Å². The van der Waals surface area contributed by atoms with E-state index in [2.05, 4.69) is 31.1 Å². The predicted molar refractivity (Wildman–Crippen MR) is 67.4 cm³/mol. The van der Waals surface area contributed by atoms with Crippen molar-refractivity contribution in [3.8, 4) is 0 Å². The van der Waals surface area contributed by atoms with Crippen molar-refractivity contribution in [2.75, 3.05) is 23.8 Å². The van der Waals surface area contributed by atoms with Crippen LogP contribution in [0, 0.1) is 0 Å². The van der Waals surface area contributed by atoms with Crippen molar-refractivity contribution in [3.05, 3.63) is 22.2 Å². The molecule has 0 amide bonds. The SMILES string of the molecule is CN1c2cc(Cl)c(Cl)cc2NCC1(C)C. The van der Waals surface area contributed by atoms with Crippen LogP contribution in [0.5, 0.6) is 0 Å². The lowest BCUT2D eigenvalue weighted by atomic mass is 9.99. The fourth-order valence-corrected chi connectivity index (χ4v) is 2.03. The Morgan fingerprint density at radius 1 is 1.27 bits per heavy atom. The molecule has 0 fully saturated rings. The molecule has 0 bridgehead atoms. The molecular weight excluding hydrogens is 231 g/mol. The minimum Gasteiger partial charge on any atom is -0.381 e. The molecule has 0 saturated carbocycles. The average Bonchev–Trinajstić information content (AvgIpc) is 2.16. The predicted octanol–water partition coefficient (Wildman–Crippen LogP) is 3.63. The van der Waals surface area contributed by atoms with Gasteiger partial charge in [0.05, 0.1) is 27.0 Å². The first-order valence-electron chi connectivity index (χ1n) is 4.88. The van der Waals surface area contributed by atoms with Crippen LogP contribution in [0.4, 0.5) is 11.4 Å². The molecule has 15 heavy (non-hydrogen) atoms. The Hall–Kier alpha value is -0.600. The van der Waals surface area contributed by atoms with Crippen LogP contribution in [-0.2, 0) is 0 Å². The van der Waals surface area contributed by atoms with Crippen molar-refractivity contribution in [2.24, 2.45) is 0 Å². The molecule has 0 unspecified atom stereocenters. The Balaban J connectivity index is 2.52. The summed E-state index contributed by atoms with van der Waals surface area (Å²) in [5.41, 5.74) is 2.23. The second-order valence-corrected chi connectivity index (χ2v) is 5.32. The highest BCUT2D eigenvalue weighted by Gasteiger charge is 2.30. The van der Waals surface area contributed by atoms with Crippen molar-refractivity contribution in [2.45, 2.75) is 19.4 Å². The molecule has 1 aromatic rings. The number of hydrogen-bond donors (Lipinski definition) is 1. The third-order valence-corrected chi connectivity index (χ3v) is 3.74. The van der Waals surface area contributed by atoms with E-state index >= 15 is 0 Å². The molecule has 1 aliphatic heterocycles. The number of rotatable bonds is 0. The molecule has 2 rings (SSSR count). The summed E-state index contributed by atoms with van der Waals surface area (Å²) in [6, 6.07) is 3.79. The second kappa shape index (κ2) is 3.46. The molecule has 1 N–H and O–H groups in total. The van der Waals surface area contributed by atoms with Gasteiger partial charge in [0.2, 0.25) is 0 Å². The van der Waals surface area contributed by atoms with Crippen LogP contribution in [0.2, 0.25) is 10.0 Å². The summed E-state index contributed by atoms with van der Waals surface area (Å²) >= 11 is 12.0. The van der Waals surface area contributed by atoms with Gasteiger partial charge in [0.15, 0.2) is 0 Å². The highest BCUT2D eigenvalue weighted by molar-refractivity contribution is 6.42. The van der Waals surface area contributed by atoms with Gasteiger partial charge in [-0.3, -0.25) is 0 Å². The highest BCUT2D eigenvalue weighted by Crippen LogP contribution is 2.39. The van der Waals surface area contributed by atoms with Crippen molar-refractivity contribution in [1.82, 2.24) is 0 Å². The number of benzene rings is 1. The van der Waals surface area contributed by atoms with Crippen molar-refractivity contribution >= 4 is 34.6 Å². The summed E-state index contributed by atoms with van der Waals surface area (Å²) < 4.78 is 0. The molecule has 4 heteroatoms. The zero-order chi connectivity index (χ0) is 11.2. The molecule has 0 radical (unpaired) electrons. The summed E-state index contributed by atoms with van der Waals surface area (Å²) in [6.45, 7) is 5.27. The Morgan fingerprint density at radius 2 is 1.87 bits per heavy atom. The highest BCUT2D eigenvalue weighted by atomic mass is 35.5. The quantitative estimate of drug-likeness (QED) is 0.750. The van der Waals surface area contributed by atoms with Crippen LogP contribution in [0.25, 0.3) is 0 Å². The first kappa shape index (κ1) is 10.9.